The topological polar surface area (TPSA) is 49.4 Å². The van der Waals surface area contributed by atoms with Crippen molar-refractivity contribution < 1.29 is 9.59 Å². The summed E-state index contributed by atoms with van der Waals surface area (Å²) in [5, 5.41) is 2.98. The lowest BCUT2D eigenvalue weighted by Crippen LogP contribution is -2.34. The lowest BCUT2D eigenvalue weighted by Gasteiger charge is -2.25. The lowest BCUT2D eigenvalue weighted by atomic mass is 9.92. The van der Waals surface area contributed by atoms with E-state index in [0.717, 1.165) is 16.7 Å². The summed E-state index contributed by atoms with van der Waals surface area (Å²) in [7, 11) is 1.78. The van der Waals surface area contributed by atoms with Crippen LogP contribution in [0.5, 0.6) is 0 Å². The predicted molar refractivity (Wildman–Crippen MR) is 93.1 cm³/mol. The molecule has 0 saturated carbocycles. The van der Waals surface area contributed by atoms with Crippen LogP contribution < -0.4 is 5.32 Å². The third-order valence-electron chi connectivity index (χ3n) is 4.65. The molecule has 0 spiro atoms. The Kier molecular flexibility index (Phi) is 4.65. The molecule has 1 saturated heterocycles. The average molecular weight is 322 g/mol. The van der Waals surface area contributed by atoms with Gasteiger partial charge in [-0.1, -0.05) is 60.2 Å². The van der Waals surface area contributed by atoms with Crippen molar-refractivity contribution in [2.24, 2.45) is 5.92 Å². The zero-order chi connectivity index (χ0) is 17.1. The normalized spacial score (nSPS) is 20.2. The van der Waals surface area contributed by atoms with E-state index in [0.29, 0.717) is 6.54 Å². The molecule has 0 aromatic heterocycles. The molecule has 0 unspecified atom stereocenters. The van der Waals surface area contributed by atoms with Crippen molar-refractivity contribution in [3.8, 4) is 0 Å². The first-order valence-corrected chi connectivity index (χ1v) is 8.20. The fraction of sp³-hybridized carbons (Fsp3) is 0.300. The molecule has 24 heavy (non-hydrogen) atoms. The maximum atomic E-state index is 12.7. The Labute approximate surface area is 142 Å². The van der Waals surface area contributed by atoms with Gasteiger partial charge in [-0.25, -0.2) is 0 Å². The molecule has 0 aliphatic carbocycles. The van der Waals surface area contributed by atoms with E-state index in [9.17, 15) is 9.59 Å². The van der Waals surface area contributed by atoms with E-state index in [1.165, 1.54) is 0 Å². The van der Waals surface area contributed by atoms with Gasteiger partial charge in [-0.3, -0.25) is 9.59 Å². The number of carbonyl (C=O) groups is 2. The summed E-state index contributed by atoms with van der Waals surface area (Å²) in [5.74, 6) is -0.406. The molecule has 2 aromatic rings. The minimum Gasteiger partial charge on any atom is -0.352 e. The summed E-state index contributed by atoms with van der Waals surface area (Å²) in [4.78, 5) is 26.5. The summed E-state index contributed by atoms with van der Waals surface area (Å²) in [6.07, 6.45) is 0.260. The number of benzene rings is 2. The molecular weight excluding hydrogens is 300 g/mol. The van der Waals surface area contributed by atoms with Crippen LogP contribution in [0.4, 0.5) is 0 Å². The molecule has 2 amide bonds. The SMILES string of the molecule is Cc1ccc([C@@H]2[C@@H](C(=O)NCc3ccccc3)CC(=O)N2C)cc1. The van der Waals surface area contributed by atoms with Gasteiger partial charge in [-0.15, -0.1) is 0 Å². The summed E-state index contributed by atoms with van der Waals surface area (Å²) >= 11 is 0. The Morgan fingerprint density at radius 2 is 1.79 bits per heavy atom. The molecule has 2 atom stereocenters. The van der Waals surface area contributed by atoms with E-state index in [-0.39, 0.29) is 30.2 Å². The average Bonchev–Trinajstić information content (AvgIpc) is 2.90. The molecule has 4 heteroatoms. The number of nitrogens with zero attached hydrogens (tertiary/aromatic N) is 1. The molecule has 1 N–H and O–H groups in total. The Bertz CT molecular complexity index is 725. The highest BCUT2D eigenvalue weighted by atomic mass is 16.2. The van der Waals surface area contributed by atoms with Crippen LogP contribution in [0, 0.1) is 12.8 Å². The highest BCUT2D eigenvalue weighted by Crippen LogP contribution is 2.37. The lowest BCUT2D eigenvalue weighted by molar-refractivity contribution is -0.128. The minimum absolute atomic E-state index is 0.0143. The first-order valence-electron chi connectivity index (χ1n) is 8.20. The van der Waals surface area contributed by atoms with Gasteiger partial charge in [0.1, 0.15) is 0 Å². The van der Waals surface area contributed by atoms with Crippen LogP contribution in [0.2, 0.25) is 0 Å². The Hall–Kier alpha value is -2.62. The van der Waals surface area contributed by atoms with E-state index in [1.807, 2.05) is 61.5 Å². The van der Waals surface area contributed by atoms with E-state index in [2.05, 4.69) is 5.32 Å². The van der Waals surface area contributed by atoms with Gasteiger partial charge in [0.15, 0.2) is 0 Å². The zero-order valence-electron chi connectivity index (χ0n) is 14.0. The highest BCUT2D eigenvalue weighted by Gasteiger charge is 2.42. The molecule has 0 radical (unpaired) electrons. The highest BCUT2D eigenvalue weighted by molar-refractivity contribution is 5.90. The van der Waals surface area contributed by atoms with Crippen LogP contribution in [0.1, 0.15) is 29.2 Å². The van der Waals surface area contributed by atoms with Crippen molar-refractivity contribution >= 4 is 11.8 Å². The van der Waals surface area contributed by atoms with Crippen molar-refractivity contribution in [2.45, 2.75) is 25.9 Å². The summed E-state index contributed by atoms with van der Waals surface area (Å²) < 4.78 is 0. The van der Waals surface area contributed by atoms with Gasteiger partial charge in [0, 0.05) is 20.0 Å². The number of hydrogen-bond donors (Lipinski definition) is 1. The number of likely N-dealkylation sites (tertiary alicyclic amines) is 1. The summed E-state index contributed by atoms with van der Waals surface area (Å²) in [5.41, 5.74) is 3.22. The molecule has 1 fully saturated rings. The quantitative estimate of drug-likeness (QED) is 0.941. The monoisotopic (exact) mass is 322 g/mol. The zero-order valence-corrected chi connectivity index (χ0v) is 14.0. The maximum absolute atomic E-state index is 12.7. The van der Waals surface area contributed by atoms with E-state index in [1.54, 1.807) is 11.9 Å². The molecule has 124 valence electrons. The van der Waals surface area contributed by atoms with E-state index >= 15 is 0 Å². The predicted octanol–water partition coefficient (Wildman–Crippen LogP) is 2.83. The van der Waals surface area contributed by atoms with E-state index < -0.39 is 0 Å². The maximum Gasteiger partial charge on any atom is 0.226 e. The van der Waals surface area contributed by atoms with Crippen LogP contribution in [0.15, 0.2) is 54.6 Å². The molecule has 4 nitrogen and oxygen atoms in total. The van der Waals surface area contributed by atoms with Crippen LogP contribution in [-0.2, 0) is 16.1 Å². The smallest absolute Gasteiger partial charge is 0.226 e. The number of hydrogen-bond acceptors (Lipinski definition) is 2. The molecule has 3 rings (SSSR count). The molecule has 0 bridgehead atoms. The van der Waals surface area contributed by atoms with Crippen LogP contribution in [-0.4, -0.2) is 23.8 Å². The summed E-state index contributed by atoms with van der Waals surface area (Å²) in [6.45, 7) is 2.51. The van der Waals surface area contributed by atoms with Crippen molar-refractivity contribution in [1.82, 2.24) is 10.2 Å². The van der Waals surface area contributed by atoms with Gasteiger partial charge < -0.3 is 10.2 Å². The number of aryl methyl sites for hydroxylation is 1. The van der Waals surface area contributed by atoms with Crippen LogP contribution in [0.3, 0.4) is 0 Å². The van der Waals surface area contributed by atoms with Crippen molar-refractivity contribution in [1.29, 1.82) is 0 Å². The third kappa shape index (κ3) is 3.32. The van der Waals surface area contributed by atoms with Gasteiger partial charge in [0.2, 0.25) is 11.8 Å². The second-order valence-electron chi connectivity index (χ2n) is 6.37. The Morgan fingerprint density at radius 1 is 1.12 bits per heavy atom. The fourth-order valence-electron chi connectivity index (χ4n) is 3.24. The van der Waals surface area contributed by atoms with Crippen LogP contribution >= 0.6 is 0 Å². The second-order valence-corrected chi connectivity index (χ2v) is 6.37. The molecule has 1 heterocycles. The van der Waals surface area contributed by atoms with Gasteiger partial charge in [-0.2, -0.15) is 0 Å². The van der Waals surface area contributed by atoms with Crippen molar-refractivity contribution in [2.75, 3.05) is 7.05 Å². The number of carbonyl (C=O) groups excluding carboxylic acids is 2. The first kappa shape index (κ1) is 16.2. The van der Waals surface area contributed by atoms with Gasteiger partial charge >= 0.3 is 0 Å². The standard InChI is InChI=1S/C20H22N2O2/c1-14-8-10-16(11-9-14)19-17(12-18(23)22(19)2)20(24)21-13-15-6-4-3-5-7-15/h3-11,17,19H,12-13H2,1-2H3,(H,21,24)/t17-,19+/m0/s1. The second kappa shape index (κ2) is 6.87. The van der Waals surface area contributed by atoms with Crippen molar-refractivity contribution in [3.05, 3.63) is 71.3 Å². The molecular formula is C20H22N2O2. The number of amides is 2. The molecule has 1 aliphatic heterocycles. The van der Waals surface area contributed by atoms with Crippen LogP contribution in [0.25, 0.3) is 0 Å². The third-order valence-corrected chi connectivity index (χ3v) is 4.65. The molecule has 2 aromatic carbocycles. The Balaban J connectivity index is 1.75. The van der Waals surface area contributed by atoms with Gasteiger partial charge in [0.25, 0.3) is 0 Å². The minimum atomic E-state index is -0.353. The largest absolute Gasteiger partial charge is 0.352 e. The van der Waals surface area contributed by atoms with E-state index in [4.69, 9.17) is 0 Å². The number of nitrogens with one attached hydrogen (secondary N) is 1. The first-order chi connectivity index (χ1) is 11.6. The molecule has 1 aliphatic rings. The summed E-state index contributed by atoms with van der Waals surface area (Å²) in [6, 6.07) is 17.6. The Morgan fingerprint density at radius 3 is 2.46 bits per heavy atom. The van der Waals surface area contributed by atoms with Gasteiger partial charge in [-0.05, 0) is 18.1 Å². The fourth-order valence-corrected chi connectivity index (χ4v) is 3.24. The van der Waals surface area contributed by atoms with Crippen molar-refractivity contribution in [3.63, 3.8) is 0 Å². The van der Waals surface area contributed by atoms with Gasteiger partial charge in [0.05, 0.1) is 12.0 Å². The number of rotatable bonds is 4.